The van der Waals surface area contributed by atoms with Gasteiger partial charge in [0.05, 0.1) is 5.75 Å². The number of nitrogens with one attached hydrogen (secondary N) is 1. The van der Waals surface area contributed by atoms with Crippen molar-refractivity contribution in [1.82, 2.24) is 5.43 Å². The highest BCUT2D eigenvalue weighted by Crippen LogP contribution is 1.93. The molecular formula is C5H14N2O2S. The molecule has 0 aromatic heterocycles. The van der Waals surface area contributed by atoms with Gasteiger partial charge in [-0.3, -0.25) is 11.3 Å². The fourth-order valence-corrected chi connectivity index (χ4v) is 1.71. The fraction of sp³-hybridized carbons (Fsp3) is 1.00. The number of nitrogens with two attached hydrogens (primary N) is 1. The third-order valence-corrected chi connectivity index (χ3v) is 2.24. The number of hydrogen-bond donors (Lipinski definition) is 2. The quantitative estimate of drug-likeness (QED) is 0.427. The summed E-state index contributed by atoms with van der Waals surface area (Å²) in [4.78, 5) is 0. The zero-order valence-corrected chi connectivity index (χ0v) is 7.11. The van der Waals surface area contributed by atoms with Crippen molar-refractivity contribution >= 4 is 9.84 Å². The van der Waals surface area contributed by atoms with Gasteiger partial charge in [0.15, 0.2) is 0 Å². The van der Waals surface area contributed by atoms with Crippen molar-refractivity contribution in [3.63, 3.8) is 0 Å². The number of sulfone groups is 1. The maximum atomic E-state index is 10.7. The van der Waals surface area contributed by atoms with Crippen LogP contribution in [0.3, 0.4) is 0 Å². The summed E-state index contributed by atoms with van der Waals surface area (Å²) in [7, 11) is -2.89. The van der Waals surface area contributed by atoms with Crippen LogP contribution in [0, 0.1) is 0 Å². The maximum absolute atomic E-state index is 10.7. The van der Waals surface area contributed by atoms with Crippen LogP contribution < -0.4 is 11.3 Å². The van der Waals surface area contributed by atoms with Crippen LogP contribution in [0.25, 0.3) is 0 Å². The average Bonchev–Trinajstić information content (AvgIpc) is 1.81. The van der Waals surface area contributed by atoms with Crippen molar-refractivity contribution in [3.05, 3.63) is 0 Å². The largest absolute Gasteiger partial charge is 0.271 e. The van der Waals surface area contributed by atoms with E-state index >= 15 is 0 Å². The summed E-state index contributed by atoms with van der Waals surface area (Å²) >= 11 is 0. The molecule has 1 atom stereocenters. The number of hydrazine groups is 1. The van der Waals surface area contributed by atoms with Gasteiger partial charge in [-0.25, -0.2) is 8.42 Å². The van der Waals surface area contributed by atoms with Crippen molar-refractivity contribution in [3.8, 4) is 0 Å². The van der Waals surface area contributed by atoms with E-state index in [-0.39, 0.29) is 11.8 Å². The first-order chi connectivity index (χ1) is 4.49. The van der Waals surface area contributed by atoms with Crippen LogP contribution in [0.4, 0.5) is 0 Å². The van der Waals surface area contributed by atoms with E-state index in [2.05, 4.69) is 5.43 Å². The SMILES string of the molecule is CCC(CS(C)(=O)=O)NN. The second-order valence-electron chi connectivity index (χ2n) is 2.36. The molecule has 0 fully saturated rings. The summed E-state index contributed by atoms with van der Waals surface area (Å²) in [6.07, 6.45) is 1.93. The van der Waals surface area contributed by atoms with E-state index in [1.54, 1.807) is 0 Å². The van der Waals surface area contributed by atoms with E-state index in [1.165, 1.54) is 6.26 Å². The van der Waals surface area contributed by atoms with Crippen LogP contribution in [0.1, 0.15) is 13.3 Å². The minimum atomic E-state index is -2.89. The summed E-state index contributed by atoms with van der Waals surface area (Å²) in [5.74, 6) is 5.19. The summed E-state index contributed by atoms with van der Waals surface area (Å²) in [5, 5.41) is 0. The van der Waals surface area contributed by atoms with E-state index in [9.17, 15) is 8.42 Å². The first kappa shape index (κ1) is 9.87. The van der Waals surface area contributed by atoms with Crippen molar-refractivity contribution in [1.29, 1.82) is 0 Å². The Morgan fingerprint density at radius 3 is 2.20 bits per heavy atom. The average molecular weight is 166 g/mol. The Morgan fingerprint density at radius 1 is 1.60 bits per heavy atom. The van der Waals surface area contributed by atoms with Crippen molar-refractivity contribution < 1.29 is 8.42 Å². The summed E-state index contributed by atoms with van der Waals surface area (Å²) in [6.45, 7) is 1.88. The first-order valence-electron chi connectivity index (χ1n) is 3.13. The van der Waals surface area contributed by atoms with E-state index in [0.717, 1.165) is 6.42 Å². The molecule has 3 N–H and O–H groups in total. The molecule has 1 unspecified atom stereocenters. The predicted octanol–water partition coefficient (Wildman–Crippen LogP) is -0.727. The van der Waals surface area contributed by atoms with Crippen LogP contribution in [0.2, 0.25) is 0 Å². The van der Waals surface area contributed by atoms with Crippen LogP contribution >= 0.6 is 0 Å². The van der Waals surface area contributed by atoms with Crippen LogP contribution in [0.5, 0.6) is 0 Å². The van der Waals surface area contributed by atoms with Gasteiger partial charge in [-0.15, -0.1) is 0 Å². The fourth-order valence-electron chi connectivity index (χ4n) is 0.649. The van der Waals surface area contributed by atoms with Gasteiger partial charge in [-0.2, -0.15) is 0 Å². The third-order valence-electron chi connectivity index (χ3n) is 1.23. The van der Waals surface area contributed by atoms with E-state index in [0.29, 0.717) is 0 Å². The minimum Gasteiger partial charge on any atom is -0.271 e. The molecule has 62 valence electrons. The van der Waals surface area contributed by atoms with Crippen LogP contribution in [0.15, 0.2) is 0 Å². The predicted molar refractivity (Wildman–Crippen MR) is 41.1 cm³/mol. The van der Waals surface area contributed by atoms with Crippen molar-refractivity contribution in [2.75, 3.05) is 12.0 Å². The van der Waals surface area contributed by atoms with E-state index in [1.807, 2.05) is 6.92 Å². The molecule has 0 bridgehead atoms. The van der Waals surface area contributed by atoms with Gasteiger partial charge in [-0.1, -0.05) is 6.92 Å². The summed E-state index contributed by atoms with van der Waals surface area (Å²) < 4.78 is 21.3. The minimum absolute atomic E-state index is 0.111. The standard InChI is InChI=1S/C5H14N2O2S/c1-3-5(7-6)4-10(2,8)9/h5,7H,3-4,6H2,1-2H3. The molecule has 0 amide bonds. The highest BCUT2D eigenvalue weighted by molar-refractivity contribution is 7.90. The Balaban J connectivity index is 3.87. The Hall–Kier alpha value is -0.130. The third kappa shape index (κ3) is 4.72. The topological polar surface area (TPSA) is 72.2 Å². The zero-order chi connectivity index (χ0) is 8.20. The highest BCUT2D eigenvalue weighted by atomic mass is 32.2. The van der Waals surface area contributed by atoms with E-state index in [4.69, 9.17) is 5.84 Å². The van der Waals surface area contributed by atoms with Gasteiger partial charge in [0.1, 0.15) is 9.84 Å². The van der Waals surface area contributed by atoms with Gasteiger partial charge in [0.25, 0.3) is 0 Å². The molecule has 0 aromatic rings. The molecule has 0 saturated heterocycles. The van der Waals surface area contributed by atoms with E-state index < -0.39 is 9.84 Å². The first-order valence-corrected chi connectivity index (χ1v) is 5.19. The van der Waals surface area contributed by atoms with Gasteiger partial charge in [0, 0.05) is 12.3 Å². The molecule has 0 saturated carbocycles. The Bertz CT molecular complexity index is 172. The molecule has 0 radical (unpaired) electrons. The van der Waals surface area contributed by atoms with Gasteiger partial charge in [0.2, 0.25) is 0 Å². The molecular weight excluding hydrogens is 152 g/mol. The zero-order valence-electron chi connectivity index (χ0n) is 6.29. The number of hydrogen-bond acceptors (Lipinski definition) is 4. The lowest BCUT2D eigenvalue weighted by atomic mass is 10.3. The molecule has 10 heavy (non-hydrogen) atoms. The summed E-state index contributed by atoms with van der Waals surface area (Å²) in [5.41, 5.74) is 2.43. The second-order valence-corrected chi connectivity index (χ2v) is 4.55. The Kier molecular flexibility index (Phi) is 3.85. The molecule has 0 spiro atoms. The Morgan fingerprint density at radius 2 is 2.10 bits per heavy atom. The van der Waals surface area contributed by atoms with Crippen molar-refractivity contribution in [2.24, 2.45) is 5.84 Å². The molecule has 0 aliphatic rings. The molecule has 5 heteroatoms. The van der Waals surface area contributed by atoms with Crippen molar-refractivity contribution in [2.45, 2.75) is 19.4 Å². The normalized spacial score (nSPS) is 15.1. The van der Waals surface area contributed by atoms with Gasteiger partial charge < -0.3 is 0 Å². The maximum Gasteiger partial charge on any atom is 0.149 e. The lowest BCUT2D eigenvalue weighted by molar-refractivity contribution is 0.537. The van der Waals surface area contributed by atoms with Gasteiger partial charge >= 0.3 is 0 Å². The van der Waals surface area contributed by atoms with Crippen LogP contribution in [-0.4, -0.2) is 26.5 Å². The lowest BCUT2D eigenvalue weighted by Crippen LogP contribution is -2.39. The molecule has 0 rings (SSSR count). The number of rotatable bonds is 4. The smallest absolute Gasteiger partial charge is 0.149 e. The molecule has 0 aliphatic heterocycles. The molecule has 0 heterocycles. The second kappa shape index (κ2) is 3.90. The monoisotopic (exact) mass is 166 g/mol. The summed E-state index contributed by atoms with van der Waals surface area (Å²) in [6, 6.07) is -0.116. The Labute approximate surface area is 61.7 Å². The lowest BCUT2D eigenvalue weighted by Gasteiger charge is -2.10. The van der Waals surface area contributed by atoms with Crippen LogP contribution in [-0.2, 0) is 9.84 Å². The highest BCUT2D eigenvalue weighted by Gasteiger charge is 2.10. The molecule has 4 nitrogen and oxygen atoms in total. The van der Waals surface area contributed by atoms with Gasteiger partial charge in [-0.05, 0) is 6.42 Å². The molecule has 0 aromatic carbocycles. The molecule has 0 aliphatic carbocycles.